The Morgan fingerprint density at radius 3 is 2.73 bits per heavy atom. The van der Waals surface area contributed by atoms with Crippen LogP contribution < -0.4 is 0 Å². The van der Waals surface area contributed by atoms with Crippen molar-refractivity contribution in [2.24, 2.45) is 0 Å². The molecule has 1 saturated heterocycles. The van der Waals surface area contributed by atoms with E-state index in [1.165, 1.54) is 0 Å². The summed E-state index contributed by atoms with van der Waals surface area (Å²) in [6.07, 6.45) is 0.804. The van der Waals surface area contributed by atoms with Crippen LogP contribution in [0.4, 0.5) is 0 Å². The van der Waals surface area contributed by atoms with E-state index in [4.69, 9.17) is 0 Å². The van der Waals surface area contributed by atoms with Gasteiger partial charge in [0, 0.05) is 12.6 Å². The second-order valence-electron chi connectivity index (χ2n) is 3.28. The topological polar surface area (TPSA) is 40.5 Å². The fourth-order valence-electron chi connectivity index (χ4n) is 1.39. The Hall–Kier alpha value is -0.570. The molecular formula is C8H15NO2. The monoisotopic (exact) mass is 157 g/mol. The SMILES string of the molecule is CC(C)N1CCCC(O)C1=O. The number of carbonyl (C=O) groups excluding carboxylic acids is 1. The first kappa shape index (κ1) is 8.53. The van der Waals surface area contributed by atoms with Gasteiger partial charge in [-0.2, -0.15) is 0 Å². The number of rotatable bonds is 1. The lowest BCUT2D eigenvalue weighted by atomic mass is 10.1. The summed E-state index contributed by atoms with van der Waals surface area (Å²) >= 11 is 0. The summed E-state index contributed by atoms with van der Waals surface area (Å²) < 4.78 is 0. The quantitative estimate of drug-likeness (QED) is 0.597. The average molecular weight is 157 g/mol. The Morgan fingerprint density at radius 2 is 2.27 bits per heavy atom. The predicted octanol–water partition coefficient (Wildman–Crippen LogP) is 0.378. The van der Waals surface area contributed by atoms with Crippen LogP contribution in [0, 0.1) is 0 Å². The molecule has 0 bridgehead atoms. The maximum absolute atomic E-state index is 11.2. The summed E-state index contributed by atoms with van der Waals surface area (Å²) in [7, 11) is 0. The molecule has 1 aliphatic rings. The van der Waals surface area contributed by atoms with Crippen molar-refractivity contribution in [1.29, 1.82) is 0 Å². The second kappa shape index (κ2) is 3.22. The maximum Gasteiger partial charge on any atom is 0.251 e. The van der Waals surface area contributed by atoms with Crippen molar-refractivity contribution in [3.8, 4) is 0 Å². The maximum atomic E-state index is 11.2. The molecule has 1 fully saturated rings. The molecular weight excluding hydrogens is 142 g/mol. The Morgan fingerprint density at radius 1 is 1.64 bits per heavy atom. The van der Waals surface area contributed by atoms with Crippen molar-refractivity contribution < 1.29 is 9.90 Å². The van der Waals surface area contributed by atoms with Gasteiger partial charge < -0.3 is 10.0 Å². The molecule has 1 unspecified atom stereocenters. The van der Waals surface area contributed by atoms with Crippen LogP contribution >= 0.6 is 0 Å². The Bertz CT molecular complexity index is 156. The van der Waals surface area contributed by atoms with Crippen LogP contribution in [0.3, 0.4) is 0 Å². The molecule has 1 rings (SSSR count). The predicted molar refractivity (Wildman–Crippen MR) is 42.1 cm³/mol. The number of piperidine rings is 1. The number of nitrogens with zero attached hydrogens (tertiary/aromatic N) is 1. The second-order valence-corrected chi connectivity index (χ2v) is 3.28. The van der Waals surface area contributed by atoms with E-state index in [1.807, 2.05) is 13.8 Å². The number of hydrogen-bond acceptors (Lipinski definition) is 2. The summed E-state index contributed by atoms with van der Waals surface area (Å²) in [4.78, 5) is 13.0. The number of carbonyl (C=O) groups is 1. The van der Waals surface area contributed by atoms with E-state index in [0.29, 0.717) is 6.42 Å². The van der Waals surface area contributed by atoms with Crippen molar-refractivity contribution in [3.05, 3.63) is 0 Å². The summed E-state index contributed by atoms with van der Waals surface area (Å²) in [5.41, 5.74) is 0. The van der Waals surface area contributed by atoms with Gasteiger partial charge in [-0.25, -0.2) is 0 Å². The van der Waals surface area contributed by atoms with Gasteiger partial charge in [0.05, 0.1) is 0 Å². The third-order valence-corrected chi connectivity index (χ3v) is 2.07. The molecule has 1 N–H and O–H groups in total. The van der Waals surface area contributed by atoms with E-state index < -0.39 is 6.10 Å². The first-order chi connectivity index (χ1) is 5.13. The number of aliphatic hydroxyl groups excluding tert-OH is 1. The minimum Gasteiger partial charge on any atom is -0.383 e. The van der Waals surface area contributed by atoms with Gasteiger partial charge in [0.25, 0.3) is 5.91 Å². The number of hydrogen-bond donors (Lipinski definition) is 1. The van der Waals surface area contributed by atoms with E-state index in [9.17, 15) is 9.90 Å². The first-order valence-corrected chi connectivity index (χ1v) is 4.11. The molecule has 0 aromatic heterocycles. The molecule has 1 amide bonds. The van der Waals surface area contributed by atoms with Crippen LogP contribution in [-0.2, 0) is 4.79 Å². The Kier molecular flexibility index (Phi) is 2.49. The Labute approximate surface area is 67.0 Å². The number of likely N-dealkylation sites (tertiary alicyclic amines) is 1. The zero-order valence-corrected chi connectivity index (χ0v) is 7.08. The van der Waals surface area contributed by atoms with Crippen LogP contribution in [0.5, 0.6) is 0 Å². The zero-order chi connectivity index (χ0) is 8.43. The van der Waals surface area contributed by atoms with Crippen molar-refractivity contribution in [1.82, 2.24) is 4.90 Å². The largest absolute Gasteiger partial charge is 0.383 e. The van der Waals surface area contributed by atoms with Gasteiger partial charge in [0.15, 0.2) is 0 Å². The highest BCUT2D eigenvalue weighted by Crippen LogP contribution is 2.13. The molecule has 0 aliphatic carbocycles. The van der Waals surface area contributed by atoms with Crippen molar-refractivity contribution in [2.45, 2.75) is 38.8 Å². The van der Waals surface area contributed by atoms with Crippen LogP contribution in [0.15, 0.2) is 0 Å². The van der Waals surface area contributed by atoms with Crippen LogP contribution in [0.2, 0.25) is 0 Å². The van der Waals surface area contributed by atoms with E-state index in [1.54, 1.807) is 4.90 Å². The molecule has 1 atom stereocenters. The van der Waals surface area contributed by atoms with Gasteiger partial charge in [-0.15, -0.1) is 0 Å². The van der Waals surface area contributed by atoms with Gasteiger partial charge in [-0.1, -0.05) is 0 Å². The van der Waals surface area contributed by atoms with Crippen LogP contribution in [0.1, 0.15) is 26.7 Å². The lowest BCUT2D eigenvalue weighted by Crippen LogP contribution is -2.47. The fourth-order valence-corrected chi connectivity index (χ4v) is 1.39. The van der Waals surface area contributed by atoms with E-state index in [0.717, 1.165) is 13.0 Å². The van der Waals surface area contributed by atoms with Crippen molar-refractivity contribution in [3.63, 3.8) is 0 Å². The number of amides is 1. The molecule has 11 heavy (non-hydrogen) atoms. The van der Waals surface area contributed by atoms with Crippen LogP contribution in [-0.4, -0.2) is 34.6 Å². The highest BCUT2D eigenvalue weighted by molar-refractivity contribution is 5.81. The molecule has 0 spiro atoms. The van der Waals surface area contributed by atoms with Crippen molar-refractivity contribution in [2.75, 3.05) is 6.54 Å². The van der Waals surface area contributed by atoms with E-state index in [-0.39, 0.29) is 11.9 Å². The van der Waals surface area contributed by atoms with Gasteiger partial charge in [0.1, 0.15) is 6.10 Å². The molecule has 3 heteroatoms. The zero-order valence-electron chi connectivity index (χ0n) is 7.08. The third-order valence-electron chi connectivity index (χ3n) is 2.07. The lowest BCUT2D eigenvalue weighted by Gasteiger charge is -2.32. The minimum atomic E-state index is -0.744. The highest BCUT2D eigenvalue weighted by Gasteiger charge is 2.27. The minimum absolute atomic E-state index is 0.105. The molecule has 1 aliphatic heterocycles. The van der Waals surface area contributed by atoms with Gasteiger partial charge in [-0.3, -0.25) is 4.79 Å². The molecule has 0 radical (unpaired) electrons. The standard InChI is InChI=1S/C8H15NO2/c1-6(2)9-5-3-4-7(10)8(9)11/h6-7,10H,3-5H2,1-2H3. The third kappa shape index (κ3) is 1.71. The summed E-state index contributed by atoms with van der Waals surface area (Å²) in [5, 5.41) is 9.21. The number of aliphatic hydroxyl groups is 1. The molecule has 64 valence electrons. The van der Waals surface area contributed by atoms with E-state index >= 15 is 0 Å². The Balaban J connectivity index is 2.58. The molecule has 0 aromatic rings. The van der Waals surface area contributed by atoms with Gasteiger partial charge in [-0.05, 0) is 26.7 Å². The molecule has 0 saturated carbocycles. The molecule has 0 aromatic carbocycles. The summed E-state index contributed by atoms with van der Waals surface area (Å²) in [6, 6.07) is 0.220. The normalized spacial score (nSPS) is 26.4. The fraction of sp³-hybridized carbons (Fsp3) is 0.875. The van der Waals surface area contributed by atoms with Crippen molar-refractivity contribution >= 4 is 5.91 Å². The van der Waals surface area contributed by atoms with Gasteiger partial charge in [0.2, 0.25) is 0 Å². The van der Waals surface area contributed by atoms with E-state index in [2.05, 4.69) is 0 Å². The summed E-state index contributed by atoms with van der Waals surface area (Å²) in [5.74, 6) is -0.105. The smallest absolute Gasteiger partial charge is 0.251 e. The first-order valence-electron chi connectivity index (χ1n) is 4.11. The summed E-state index contributed by atoms with van der Waals surface area (Å²) in [6.45, 7) is 4.74. The molecule has 3 nitrogen and oxygen atoms in total. The molecule has 1 heterocycles. The highest BCUT2D eigenvalue weighted by atomic mass is 16.3. The average Bonchev–Trinajstić information content (AvgIpc) is 1.94. The van der Waals surface area contributed by atoms with Crippen LogP contribution in [0.25, 0.3) is 0 Å². The lowest BCUT2D eigenvalue weighted by molar-refractivity contribution is -0.145. The van der Waals surface area contributed by atoms with Gasteiger partial charge >= 0.3 is 0 Å².